The molecule has 16 heavy (non-hydrogen) atoms. The molecule has 0 heterocycles. The number of nitrogens with two attached hydrogens (primary N) is 1. The zero-order valence-corrected chi connectivity index (χ0v) is 10.2. The number of hydrogen-bond acceptors (Lipinski definition) is 2. The molecule has 1 aromatic carbocycles. The molecule has 5 heteroatoms. The molecule has 0 radical (unpaired) electrons. The number of allylic oxidation sites excluding steroid dienone is 1. The van der Waals surface area contributed by atoms with Crippen LogP contribution in [0.4, 0.5) is 4.39 Å². The van der Waals surface area contributed by atoms with Crippen LogP contribution in [-0.4, -0.2) is 5.11 Å². The van der Waals surface area contributed by atoms with Crippen LogP contribution < -0.4 is 5.73 Å². The second kappa shape index (κ2) is 6.74. The fourth-order valence-corrected chi connectivity index (χ4v) is 1.53. The Kier molecular flexibility index (Phi) is 6.41. The highest BCUT2D eigenvalue weighted by molar-refractivity contribution is 6.30. The Hall–Kier alpha value is -0.770. The Labute approximate surface area is 105 Å². The fraction of sp³-hybridized carbons (Fsp3) is 0.273. The van der Waals surface area contributed by atoms with E-state index in [0.29, 0.717) is 18.4 Å². The van der Waals surface area contributed by atoms with Crippen LogP contribution in [-0.2, 0) is 0 Å². The van der Waals surface area contributed by atoms with Crippen LogP contribution in [0.5, 0.6) is 5.75 Å². The smallest absolute Gasteiger partial charge is 0.166 e. The van der Waals surface area contributed by atoms with Crippen molar-refractivity contribution in [3.05, 3.63) is 41.2 Å². The van der Waals surface area contributed by atoms with Gasteiger partial charge in [0.1, 0.15) is 0 Å². The summed E-state index contributed by atoms with van der Waals surface area (Å²) in [5, 5.41) is 9.68. The van der Waals surface area contributed by atoms with Crippen molar-refractivity contribution in [1.82, 2.24) is 0 Å². The third kappa shape index (κ3) is 3.67. The highest BCUT2D eigenvalue weighted by atomic mass is 35.5. The maximum absolute atomic E-state index is 13.1. The zero-order chi connectivity index (χ0) is 11.4. The number of aromatic hydroxyl groups is 1. The van der Waals surface area contributed by atoms with E-state index in [4.69, 9.17) is 17.3 Å². The molecule has 0 bridgehead atoms. The van der Waals surface area contributed by atoms with Gasteiger partial charge in [0.15, 0.2) is 11.6 Å². The summed E-state index contributed by atoms with van der Waals surface area (Å²) in [4.78, 5) is 0. The fourth-order valence-electron chi connectivity index (χ4n) is 1.32. The highest BCUT2D eigenvalue weighted by Crippen LogP contribution is 2.31. The lowest BCUT2D eigenvalue weighted by Crippen LogP contribution is -2.10. The molecule has 90 valence electrons. The van der Waals surface area contributed by atoms with Crippen LogP contribution >= 0.6 is 24.0 Å². The first-order chi connectivity index (χ1) is 7.06. The molecule has 0 aliphatic rings. The van der Waals surface area contributed by atoms with Gasteiger partial charge in [-0.3, -0.25) is 0 Å². The topological polar surface area (TPSA) is 46.2 Å². The molecule has 1 aromatic rings. The van der Waals surface area contributed by atoms with E-state index in [1.54, 1.807) is 6.08 Å². The van der Waals surface area contributed by atoms with Crippen molar-refractivity contribution in [2.24, 2.45) is 5.73 Å². The number of hydrogen-bond donors (Lipinski definition) is 2. The molecule has 0 fully saturated rings. The molecular weight excluding hydrogens is 252 g/mol. The molecule has 0 aliphatic carbocycles. The molecule has 1 rings (SSSR count). The van der Waals surface area contributed by atoms with Gasteiger partial charge in [-0.15, -0.1) is 19.0 Å². The Morgan fingerprint density at radius 3 is 2.75 bits per heavy atom. The lowest BCUT2D eigenvalue weighted by Gasteiger charge is -2.13. The number of phenolic OH excluding ortho intramolecular Hbond substituents is 1. The summed E-state index contributed by atoms with van der Waals surface area (Å²) in [7, 11) is 0. The van der Waals surface area contributed by atoms with E-state index in [1.165, 1.54) is 6.07 Å². The van der Waals surface area contributed by atoms with Crippen molar-refractivity contribution in [2.45, 2.75) is 18.9 Å². The second-order valence-electron chi connectivity index (χ2n) is 3.30. The van der Waals surface area contributed by atoms with E-state index >= 15 is 0 Å². The maximum atomic E-state index is 13.1. The average molecular weight is 266 g/mol. The predicted octanol–water partition coefficient (Wildman–Crippen LogP) is 3.57. The minimum atomic E-state index is -0.744. The average Bonchev–Trinajstić information content (AvgIpc) is 2.19. The molecular formula is C11H14Cl2FNO. The first-order valence-corrected chi connectivity index (χ1v) is 4.98. The molecule has 3 N–H and O–H groups in total. The summed E-state index contributed by atoms with van der Waals surface area (Å²) in [5.41, 5.74) is 6.12. The van der Waals surface area contributed by atoms with Gasteiger partial charge in [0.25, 0.3) is 0 Å². The van der Waals surface area contributed by atoms with Crippen molar-refractivity contribution >= 4 is 24.0 Å². The maximum Gasteiger partial charge on any atom is 0.166 e. The number of rotatable bonds is 4. The number of halogens is 3. The van der Waals surface area contributed by atoms with Crippen LogP contribution in [0.3, 0.4) is 0 Å². The van der Waals surface area contributed by atoms with Gasteiger partial charge in [0.2, 0.25) is 0 Å². The summed E-state index contributed by atoms with van der Waals surface area (Å²) >= 11 is 5.67. The van der Waals surface area contributed by atoms with Gasteiger partial charge in [-0.2, -0.15) is 0 Å². The third-order valence-electron chi connectivity index (χ3n) is 2.14. The van der Waals surface area contributed by atoms with Crippen molar-refractivity contribution in [3.63, 3.8) is 0 Å². The van der Waals surface area contributed by atoms with E-state index in [2.05, 4.69) is 6.58 Å². The molecule has 2 nitrogen and oxygen atoms in total. The lowest BCUT2D eigenvalue weighted by molar-refractivity contribution is 0.419. The van der Waals surface area contributed by atoms with Gasteiger partial charge in [0.05, 0.1) is 0 Å². The predicted molar refractivity (Wildman–Crippen MR) is 66.7 cm³/mol. The minimum Gasteiger partial charge on any atom is -0.505 e. The number of phenols is 1. The lowest BCUT2D eigenvalue weighted by atomic mass is 10.0. The molecule has 0 aromatic heterocycles. The van der Waals surface area contributed by atoms with E-state index < -0.39 is 17.6 Å². The first-order valence-electron chi connectivity index (χ1n) is 4.60. The Morgan fingerprint density at radius 2 is 2.19 bits per heavy atom. The van der Waals surface area contributed by atoms with E-state index in [-0.39, 0.29) is 17.4 Å². The number of benzene rings is 1. The third-order valence-corrected chi connectivity index (χ3v) is 2.36. The van der Waals surface area contributed by atoms with Crippen molar-refractivity contribution < 1.29 is 9.50 Å². The SMILES string of the molecule is C=CCC[C@@H](N)c1cc(Cl)cc(F)c1O.Cl. The van der Waals surface area contributed by atoms with Crippen LogP contribution in [0.25, 0.3) is 0 Å². The van der Waals surface area contributed by atoms with Crippen LogP contribution in [0, 0.1) is 5.82 Å². The van der Waals surface area contributed by atoms with Gasteiger partial charge < -0.3 is 10.8 Å². The van der Waals surface area contributed by atoms with Crippen molar-refractivity contribution in [1.29, 1.82) is 0 Å². The molecule has 0 aliphatic heterocycles. The standard InChI is InChI=1S/C11H13ClFNO.ClH/c1-2-3-4-10(14)8-5-7(12)6-9(13)11(8)15;/h2,5-6,10,15H,1,3-4,14H2;1H/t10-;/m1./s1. The second-order valence-corrected chi connectivity index (χ2v) is 3.73. The first kappa shape index (κ1) is 15.2. The van der Waals surface area contributed by atoms with Crippen LogP contribution in [0.2, 0.25) is 5.02 Å². The zero-order valence-electron chi connectivity index (χ0n) is 8.62. The summed E-state index contributed by atoms with van der Waals surface area (Å²) in [6, 6.07) is 2.10. The van der Waals surface area contributed by atoms with Gasteiger partial charge >= 0.3 is 0 Å². The Balaban J connectivity index is 0.00000225. The minimum absolute atomic E-state index is 0. The molecule has 0 saturated carbocycles. The van der Waals surface area contributed by atoms with Crippen LogP contribution in [0.15, 0.2) is 24.8 Å². The summed E-state index contributed by atoms with van der Waals surface area (Å²) in [5.74, 6) is -1.16. The Bertz CT molecular complexity index is 371. The molecule has 0 saturated heterocycles. The highest BCUT2D eigenvalue weighted by Gasteiger charge is 2.14. The van der Waals surface area contributed by atoms with E-state index in [9.17, 15) is 9.50 Å². The Morgan fingerprint density at radius 1 is 1.56 bits per heavy atom. The largest absolute Gasteiger partial charge is 0.505 e. The van der Waals surface area contributed by atoms with Crippen molar-refractivity contribution in [2.75, 3.05) is 0 Å². The summed E-state index contributed by atoms with van der Waals surface area (Å²) < 4.78 is 13.1. The normalized spacial score (nSPS) is 11.7. The summed E-state index contributed by atoms with van der Waals surface area (Å²) in [6.07, 6.45) is 3.02. The monoisotopic (exact) mass is 265 g/mol. The molecule has 1 atom stereocenters. The molecule has 0 unspecified atom stereocenters. The van der Waals surface area contributed by atoms with Gasteiger partial charge in [-0.25, -0.2) is 4.39 Å². The summed E-state index contributed by atoms with van der Waals surface area (Å²) in [6.45, 7) is 3.57. The van der Waals surface area contributed by atoms with Crippen molar-refractivity contribution in [3.8, 4) is 5.75 Å². The van der Waals surface area contributed by atoms with Gasteiger partial charge in [-0.1, -0.05) is 17.7 Å². The van der Waals surface area contributed by atoms with E-state index in [0.717, 1.165) is 6.07 Å². The van der Waals surface area contributed by atoms with Gasteiger partial charge in [0, 0.05) is 16.6 Å². The van der Waals surface area contributed by atoms with Gasteiger partial charge in [-0.05, 0) is 25.0 Å². The quantitative estimate of drug-likeness (QED) is 0.818. The van der Waals surface area contributed by atoms with Crippen LogP contribution in [0.1, 0.15) is 24.4 Å². The molecule has 0 spiro atoms. The van der Waals surface area contributed by atoms with E-state index in [1.807, 2.05) is 0 Å². The molecule has 0 amide bonds.